The van der Waals surface area contributed by atoms with Gasteiger partial charge in [-0.2, -0.15) is 4.98 Å². The summed E-state index contributed by atoms with van der Waals surface area (Å²) < 4.78 is 1.61. The van der Waals surface area contributed by atoms with E-state index in [1.54, 1.807) is 16.6 Å². The molecule has 32 heavy (non-hydrogen) atoms. The van der Waals surface area contributed by atoms with Gasteiger partial charge in [-0.25, -0.2) is 14.5 Å². The molecule has 4 rings (SSSR count). The van der Waals surface area contributed by atoms with Crippen molar-refractivity contribution in [2.45, 2.75) is 26.7 Å². The fourth-order valence-corrected chi connectivity index (χ4v) is 3.96. The monoisotopic (exact) mass is 452 g/mol. The third-order valence-electron chi connectivity index (χ3n) is 4.55. The number of nitro benzene ring substituents is 1. The van der Waals surface area contributed by atoms with Crippen molar-refractivity contribution in [2.75, 3.05) is 17.2 Å². The zero-order chi connectivity index (χ0) is 22.7. The maximum absolute atomic E-state index is 12.3. The minimum Gasteiger partial charge on any atom is -0.354 e. The van der Waals surface area contributed by atoms with Gasteiger partial charge in [-0.3, -0.25) is 20.2 Å². The second kappa shape index (κ2) is 9.06. The molecule has 0 spiro atoms. The largest absolute Gasteiger partial charge is 0.354 e. The zero-order valence-electron chi connectivity index (χ0n) is 17.4. The highest BCUT2D eigenvalue weighted by Crippen LogP contribution is 2.27. The number of carbonyl (C=O) groups excluding carboxylic acids is 1. The molecule has 164 valence electrons. The van der Waals surface area contributed by atoms with Gasteiger partial charge in [-0.1, -0.05) is 0 Å². The summed E-state index contributed by atoms with van der Waals surface area (Å²) in [6, 6.07) is 8.09. The van der Waals surface area contributed by atoms with Gasteiger partial charge in [0.25, 0.3) is 5.69 Å². The molecule has 0 unspecified atom stereocenters. The van der Waals surface area contributed by atoms with Crippen molar-refractivity contribution in [3.8, 4) is 11.3 Å². The predicted octanol–water partition coefficient (Wildman–Crippen LogP) is 3.60. The van der Waals surface area contributed by atoms with Crippen LogP contribution in [0, 0.1) is 24.0 Å². The first-order valence-electron chi connectivity index (χ1n) is 9.84. The fourth-order valence-electron chi connectivity index (χ4n) is 3.13. The van der Waals surface area contributed by atoms with Crippen LogP contribution in [0.15, 0.2) is 35.7 Å². The molecule has 1 aromatic carbocycles. The lowest BCUT2D eigenvalue weighted by Crippen LogP contribution is -2.15. The average molecular weight is 453 g/mol. The molecule has 0 bridgehead atoms. The Balaban J connectivity index is 1.34. The summed E-state index contributed by atoms with van der Waals surface area (Å²) in [4.78, 5) is 36.2. The van der Waals surface area contributed by atoms with Crippen LogP contribution in [0.3, 0.4) is 0 Å². The molecule has 0 aliphatic heterocycles. The van der Waals surface area contributed by atoms with E-state index in [9.17, 15) is 14.9 Å². The van der Waals surface area contributed by atoms with Crippen LogP contribution in [-0.4, -0.2) is 41.9 Å². The molecule has 0 aliphatic carbocycles. The maximum Gasteiger partial charge on any atom is 0.269 e. The number of hydrogen-bond donors (Lipinski definition) is 2. The van der Waals surface area contributed by atoms with E-state index in [1.165, 1.54) is 23.5 Å². The predicted molar refractivity (Wildman–Crippen MR) is 121 cm³/mol. The quantitative estimate of drug-likeness (QED) is 0.235. The number of amides is 1. The Kier molecular flexibility index (Phi) is 6.03. The van der Waals surface area contributed by atoms with Crippen LogP contribution in [0.2, 0.25) is 0 Å². The van der Waals surface area contributed by atoms with E-state index in [2.05, 4.69) is 30.7 Å². The molecule has 2 N–H and O–H groups in total. The SMILES string of the molecule is Cc1cc(C)nc(NCCCC(=O)Nc2nc3scc(-c4ccc([N+](=O)[O-])cc4)n3n2)n1. The van der Waals surface area contributed by atoms with Gasteiger partial charge < -0.3 is 5.32 Å². The van der Waals surface area contributed by atoms with E-state index in [4.69, 9.17) is 0 Å². The van der Waals surface area contributed by atoms with Crippen molar-refractivity contribution < 1.29 is 9.72 Å². The second-order valence-corrected chi connectivity index (χ2v) is 7.94. The lowest BCUT2D eigenvalue weighted by Gasteiger charge is -2.06. The summed E-state index contributed by atoms with van der Waals surface area (Å²) >= 11 is 1.37. The van der Waals surface area contributed by atoms with Crippen molar-refractivity contribution in [2.24, 2.45) is 0 Å². The summed E-state index contributed by atoms with van der Waals surface area (Å²) in [6.07, 6.45) is 0.887. The summed E-state index contributed by atoms with van der Waals surface area (Å²) in [5, 5.41) is 22.9. The van der Waals surface area contributed by atoms with Crippen LogP contribution in [0.25, 0.3) is 16.2 Å². The number of aryl methyl sites for hydroxylation is 2. The number of hydrogen-bond acceptors (Lipinski definition) is 9. The molecule has 0 atom stereocenters. The van der Waals surface area contributed by atoms with E-state index in [0.717, 1.165) is 22.6 Å². The number of anilines is 2. The first-order valence-corrected chi connectivity index (χ1v) is 10.7. The summed E-state index contributed by atoms with van der Waals surface area (Å²) in [6.45, 7) is 4.37. The number of fused-ring (bicyclic) bond motifs is 1. The molecule has 0 fully saturated rings. The number of nitrogens with zero attached hydrogens (tertiary/aromatic N) is 6. The van der Waals surface area contributed by atoms with Crippen LogP contribution in [0.4, 0.5) is 17.6 Å². The highest BCUT2D eigenvalue weighted by atomic mass is 32.1. The smallest absolute Gasteiger partial charge is 0.269 e. The Morgan fingerprint density at radius 2 is 1.84 bits per heavy atom. The summed E-state index contributed by atoms with van der Waals surface area (Å²) in [7, 11) is 0. The first-order chi connectivity index (χ1) is 15.4. The minimum absolute atomic E-state index is 0.0188. The van der Waals surface area contributed by atoms with E-state index in [1.807, 2.05) is 25.3 Å². The number of nitro groups is 1. The molecule has 1 amide bonds. The van der Waals surface area contributed by atoms with Crippen LogP contribution in [0.1, 0.15) is 24.2 Å². The van der Waals surface area contributed by atoms with Gasteiger partial charge in [0, 0.05) is 47.4 Å². The van der Waals surface area contributed by atoms with E-state index < -0.39 is 4.92 Å². The number of thiazole rings is 1. The standard InChI is InChI=1S/C20H20N8O3S/c1-12-10-13(2)23-18(22-12)21-9-3-4-17(29)24-19-25-20-27(26-19)16(11-32-20)14-5-7-15(8-6-14)28(30)31/h5-8,10-11H,3-4,9H2,1-2H3,(H,21,22,23)(H,24,26,29). The first kappa shape index (κ1) is 21.3. The van der Waals surface area contributed by atoms with E-state index >= 15 is 0 Å². The summed E-state index contributed by atoms with van der Waals surface area (Å²) in [5.74, 6) is 0.580. The van der Waals surface area contributed by atoms with Gasteiger partial charge in [0.05, 0.1) is 10.6 Å². The molecular formula is C20H20N8O3S. The fraction of sp³-hybridized carbons (Fsp3) is 0.250. The van der Waals surface area contributed by atoms with Gasteiger partial charge in [-0.05, 0) is 38.5 Å². The third-order valence-corrected chi connectivity index (χ3v) is 5.37. The Hall–Kier alpha value is -3.93. The van der Waals surface area contributed by atoms with Crippen molar-refractivity contribution >= 4 is 39.8 Å². The van der Waals surface area contributed by atoms with Crippen LogP contribution >= 0.6 is 11.3 Å². The molecule has 4 aromatic rings. The Morgan fingerprint density at radius 3 is 2.53 bits per heavy atom. The topological polar surface area (TPSA) is 140 Å². The minimum atomic E-state index is -0.444. The lowest BCUT2D eigenvalue weighted by atomic mass is 10.1. The van der Waals surface area contributed by atoms with Crippen LogP contribution in [-0.2, 0) is 4.79 Å². The Bertz CT molecular complexity index is 1260. The van der Waals surface area contributed by atoms with Gasteiger partial charge in [0.2, 0.25) is 22.8 Å². The van der Waals surface area contributed by atoms with Gasteiger partial charge in [-0.15, -0.1) is 16.4 Å². The van der Waals surface area contributed by atoms with E-state index in [0.29, 0.717) is 30.3 Å². The highest BCUT2D eigenvalue weighted by Gasteiger charge is 2.14. The number of benzene rings is 1. The van der Waals surface area contributed by atoms with Gasteiger partial charge >= 0.3 is 0 Å². The molecule has 3 heterocycles. The number of non-ortho nitro benzene ring substituents is 1. The molecule has 0 saturated carbocycles. The van der Waals surface area contributed by atoms with Crippen molar-refractivity contribution in [1.82, 2.24) is 24.6 Å². The van der Waals surface area contributed by atoms with Crippen LogP contribution < -0.4 is 10.6 Å². The lowest BCUT2D eigenvalue weighted by molar-refractivity contribution is -0.384. The second-order valence-electron chi connectivity index (χ2n) is 7.11. The molecular weight excluding hydrogens is 432 g/mol. The Morgan fingerprint density at radius 1 is 1.12 bits per heavy atom. The Labute approximate surface area is 186 Å². The van der Waals surface area contributed by atoms with Crippen molar-refractivity contribution in [1.29, 1.82) is 0 Å². The normalized spacial score (nSPS) is 10.9. The molecule has 0 aliphatic rings. The summed E-state index contributed by atoms with van der Waals surface area (Å²) in [5.41, 5.74) is 3.30. The molecule has 11 nitrogen and oxygen atoms in total. The third kappa shape index (κ3) is 4.86. The number of carbonyl (C=O) groups is 1. The van der Waals surface area contributed by atoms with Crippen LogP contribution in [0.5, 0.6) is 0 Å². The molecule has 0 radical (unpaired) electrons. The van der Waals surface area contributed by atoms with E-state index in [-0.39, 0.29) is 17.5 Å². The molecule has 3 aromatic heterocycles. The average Bonchev–Trinajstić information content (AvgIpc) is 3.31. The molecule has 12 heteroatoms. The number of aromatic nitrogens is 5. The highest BCUT2D eigenvalue weighted by molar-refractivity contribution is 7.15. The molecule has 0 saturated heterocycles. The van der Waals surface area contributed by atoms with Crippen molar-refractivity contribution in [3.63, 3.8) is 0 Å². The number of rotatable bonds is 8. The number of nitrogens with one attached hydrogen (secondary N) is 2. The van der Waals surface area contributed by atoms with Crippen molar-refractivity contribution in [3.05, 3.63) is 57.2 Å². The maximum atomic E-state index is 12.3. The zero-order valence-corrected chi connectivity index (χ0v) is 18.2. The van der Waals surface area contributed by atoms with Gasteiger partial charge in [0.15, 0.2) is 0 Å². The van der Waals surface area contributed by atoms with Gasteiger partial charge in [0.1, 0.15) is 0 Å².